The highest BCUT2D eigenvalue weighted by molar-refractivity contribution is 6.00. The second-order valence-corrected chi connectivity index (χ2v) is 15.3. The molecule has 3 aromatic rings. The van der Waals surface area contributed by atoms with Crippen LogP contribution in [0.3, 0.4) is 0 Å². The van der Waals surface area contributed by atoms with Gasteiger partial charge < -0.3 is 25.3 Å². The normalized spacial score (nSPS) is 22.9. The Morgan fingerprint density at radius 3 is 2.35 bits per heavy atom. The number of aryl methyl sites for hydroxylation is 1. The van der Waals surface area contributed by atoms with E-state index in [1.165, 1.54) is 0 Å². The van der Waals surface area contributed by atoms with Crippen molar-refractivity contribution >= 4 is 17.7 Å². The van der Waals surface area contributed by atoms with Crippen molar-refractivity contribution in [1.82, 2.24) is 45.7 Å². The van der Waals surface area contributed by atoms with Crippen LogP contribution in [0.5, 0.6) is 5.75 Å². The van der Waals surface area contributed by atoms with E-state index in [0.29, 0.717) is 49.2 Å². The minimum atomic E-state index is -0.812. The van der Waals surface area contributed by atoms with Crippen LogP contribution >= 0.6 is 0 Å². The smallest absolute Gasteiger partial charge is 0.255 e. The van der Waals surface area contributed by atoms with Crippen molar-refractivity contribution in [3.8, 4) is 5.75 Å². The number of hydrogen-bond donors (Lipinski definition) is 2. The molecule has 0 spiro atoms. The van der Waals surface area contributed by atoms with Crippen LogP contribution < -0.4 is 15.5 Å². The number of benzene rings is 2. The van der Waals surface area contributed by atoms with Gasteiger partial charge in [-0.1, -0.05) is 87.2 Å². The molecule has 2 N–H and O–H groups in total. The first-order valence-corrected chi connectivity index (χ1v) is 19.7. The molecule has 2 aromatic carbocycles. The lowest BCUT2D eigenvalue weighted by Crippen LogP contribution is -2.56. The first-order valence-electron chi connectivity index (χ1n) is 19.7. The van der Waals surface area contributed by atoms with Gasteiger partial charge in [0, 0.05) is 39.9 Å². The van der Waals surface area contributed by atoms with Crippen LogP contribution in [0.15, 0.2) is 72.7 Å². The van der Waals surface area contributed by atoms with Crippen molar-refractivity contribution in [2.24, 2.45) is 5.92 Å². The number of carbonyl (C=O) groups is 3. The molecule has 3 aliphatic heterocycles. The highest BCUT2D eigenvalue weighted by Crippen LogP contribution is 2.27. The Bertz CT molecular complexity index is 1740. The van der Waals surface area contributed by atoms with Gasteiger partial charge in [-0.15, -0.1) is 10.2 Å². The summed E-state index contributed by atoms with van der Waals surface area (Å²) in [5.74, 6) is -0.226. The van der Waals surface area contributed by atoms with E-state index < -0.39 is 18.0 Å². The van der Waals surface area contributed by atoms with Gasteiger partial charge in [0.2, 0.25) is 11.8 Å². The molecular weight excluding hydrogens is 683 g/mol. The largest absolute Gasteiger partial charge is 0.486 e. The first kappa shape index (κ1) is 38.8. The summed E-state index contributed by atoms with van der Waals surface area (Å²) in [4.78, 5) is 46.4. The maximum atomic E-state index is 14.5. The molecule has 3 amide bonds. The van der Waals surface area contributed by atoms with Gasteiger partial charge in [0.15, 0.2) is 0 Å². The molecule has 13 nitrogen and oxygen atoms in total. The molecule has 3 aliphatic rings. The van der Waals surface area contributed by atoms with Gasteiger partial charge in [-0.25, -0.2) is 0 Å². The van der Waals surface area contributed by atoms with Gasteiger partial charge in [-0.3, -0.25) is 24.1 Å². The summed E-state index contributed by atoms with van der Waals surface area (Å²) < 4.78 is 7.96. The molecule has 0 radical (unpaired) electrons. The second-order valence-electron chi connectivity index (χ2n) is 15.3. The summed E-state index contributed by atoms with van der Waals surface area (Å²) in [6, 6.07) is 15.5. The third-order valence-electron chi connectivity index (χ3n) is 10.7. The number of para-hydroxylation sites is 1. The standard InChI is InChI=1S/C41H57N9O4/c1-30(2)25-34-40(52)50-24-16-20-36(50)41(53)46(3)37(26-31-17-10-9-11-18-31)35-28-49(47(4)44-35)23-15-8-6-5-7-14-22-48-27-32(43-45-48)29-54-38-21-13-12-19-33(38)39(51)42-34/h9-13,17-19,21,27-28,30,34,36-37,44H,5-8,14-16,20,22-26,29H2,1-4H3,(H,42,51)/t34-,36-,37+/m1/s1. The fraction of sp³-hybridized carbons (Fsp3) is 0.537. The summed E-state index contributed by atoms with van der Waals surface area (Å²) in [5.41, 5.74) is 6.60. The zero-order chi connectivity index (χ0) is 38.0. The summed E-state index contributed by atoms with van der Waals surface area (Å²) in [7, 11) is 3.86. The Labute approximate surface area is 319 Å². The quantitative estimate of drug-likeness (QED) is 0.383. The molecule has 0 saturated carbocycles. The average molecular weight is 740 g/mol. The van der Waals surface area contributed by atoms with E-state index in [1.807, 2.05) is 73.1 Å². The maximum Gasteiger partial charge on any atom is 0.255 e. The van der Waals surface area contributed by atoms with E-state index in [-0.39, 0.29) is 30.4 Å². The number of fused-ring (bicyclic) bond motifs is 5. The topological polar surface area (TPSA) is 128 Å². The SMILES string of the molecule is CC(C)C[C@H]1NC(=O)c2ccccc2OCc2cn(nn2)CCCCCCCCN2C=C(NN2C)[C@H](Cc2ccccc2)N(C)C(=O)[C@H]2CCCN2C1=O. The van der Waals surface area contributed by atoms with Gasteiger partial charge in [-0.2, -0.15) is 0 Å². The number of hydrazine groups is 2. The van der Waals surface area contributed by atoms with Crippen molar-refractivity contribution in [1.29, 1.82) is 0 Å². The van der Waals surface area contributed by atoms with Crippen molar-refractivity contribution in [2.45, 2.75) is 109 Å². The fourth-order valence-corrected chi connectivity index (χ4v) is 7.70. The number of carbonyl (C=O) groups excluding carboxylic acids is 3. The highest BCUT2D eigenvalue weighted by Gasteiger charge is 2.41. The molecule has 3 atom stereocenters. The molecule has 0 aliphatic carbocycles. The minimum absolute atomic E-state index is 0.103. The van der Waals surface area contributed by atoms with Crippen LogP contribution in [0.4, 0.5) is 0 Å². The molecule has 4 bridgehead atoms. The minimum Gasteiger partial charge on any atom is -0.486 e. The average Bonchev–Trinajstić information content (AvgIpc) is 3.93. The molecule has 4 heterocycles. The van der Waals surface area contributed by atoms with Crippen molar-refractivity contribution in [3.63, 3.8) is 0 Å². The molecule has 1 fully saturated rings. The third-order valence-corrected chi connectivity index (χ3v) is 10.7. The van der Waals surface area contributed by atoms with Crippen LogP contribution in [0.25, 0.3) is 0 Å². The predicted molar refractivity (Wildman–Crippen MR) is 206 cm³/mol. The Morgan fingerprint density at radius 2 is 1.57 bits per heavy atom. The lowest BCUT2D eigenvalue weighted by atomic mass is 10.00. The van der Waals surface area contributed by atoms with E-state index in [4.69, 9.17) is 4.74 Å². The zero-order valence-electron chi connectivity index (χ0n) is 32.3. The molecule has 290 valence electrons. The number of likely N-dealkylation sites (N-methyl/N-ethyl adjacent to an activating group) is 1. The van der Waals surface area contributed by atoms with Crippen LogP contribution in [-0.4, -0.2) is 98.0 Å². The number of nitrogens with one attached hydrogen (secondary N) is 2. The summed E-state index contributed by atoms with van der Waals surface area (Å²) >= 11 is 0. The molecule has 6 rings (SSSR count). The lowest BCUT2D eigenvalue weighted by Gasteiger charge is -2.35. The number of rotatable bonds is 4. The van der Waals surface area contributed by atoms with E-state index >= 15 is 0 Å². The number of hydrogen-bond acceptors (Lipinski definition) is 9. The molecular formula is C41H57N9O4. The fourth-order valence-electron chi connectivity index (χ4n) is 7.70. The summed E-state index contributed by atoms with van der Waals surface area (Å²) in [6.07, 6.45) is 13.0. The predicted octanol–water partition coefficient (Wildman–Crippen LogP) is 4.92. The van der Waals surface area contributed by atoms with Crippen LogP contribution in [-0.2, 0) is 29.2 Å². The number of amides is 3. The Balaban J connectivity index is 1.27. The highest BCUT2D eigenvalue weighted by atomic mass is 16.5. The van der Waals surface area contributed by atoms with Crippen LogP contribution in [0.1, 0.15) is 93.3 Å². The van der Waals surface area contributed by atoms with Crippen molar-refractivity contribution in [2.75, 3.05) is 27.2 Å². The van der Waals surface area contributed by atoms with E-state index in [1.54, 1.807) is 23.1 Å². The van der Waals surface area contributed by atoms with Gasteiger partial charge in [0.25, 0.3) is 5.91 Å². The number of aromatic nitrogens is 3. The Morgan fingerprint density at radius 1 is 0.852 bits per heavy atom. The number of nitrogens with zero attached hydrogens (tertiary/aromatic N) is 7. The molecule has 1 saturated heterocycles. The molecule has 0 unspecified atom stereocenters. The second kappa shape index (κ2) is 18.4. The van der Waals surface area contributed by atoms with Gasteiger partial charge in [-0.05, 0) is 62.1 Å². The molecule has 54 heavy (non-hydrogen) atoms. The van der Waals surface area contributed by atoms with Crippen LogP contribution in [0.2, 0.25) is 0 Å². The summed E-state index contributed by atoms with van der Waals surface area (Å²) in [6.45, 7) is 6.32. The maximum absolute atomic E-state index is 14.5. The zero-order valence-corrected chi connectivity index (χ0v) is 32.3. The Hall–Kier alpha value is -4.91. The van der Waals surface area contributed by atoms with E-state index in [2.05, 4.69) is 44.4 Å². The van der Waals surface area contributed by atoms with E-state index in [9.17, 15) is 14.4 Å². The Kier molecular flexibility index (Phi) is 13.2. The number of ether oxygens (including phenoxy) is 1. The van der Waals surface area contributed by atoms with Crippen LogP contribution in [0, 0.1) is 5.92 Å². The summed E-state index contributed by atoms with van der Waals surface area (Å²) in [5, 5.41) is 15.8. The van der Waals surface area contributed by atoms with Crippen molar-refractivity contribution in [3.05, 3.63) is 89.5 Å². The molecule has 13 heteroatoms. The van der Waals surface area contributed by atoms with Crippen molar-refractivity contribution < 1.29 is 19.1 Å². The van der Waals surface area contributed by atoms with Gasteiger partial charge in [0.05, 0.1) is 23.5 Å². The van der Waals surface area contributed by atoms with E-state index in [0.717, 1.165) is 62.9 Å². The third kappa shape index (κ3) is 9.79. The van der Waals surface area contributed by atoms with Gasteiger partial charge >= 0.3 is 0 Å². The first-order chi connectivity index (χ1) is 26.2. The monoisotopic (exact) mass is 739 g/mol. The lowest BCUT2D eigenvalue weighted by molar-refractivity contribution is -0.145. The van der Waals surface area contributed by atoms with Gasteiger partial charge in [0.1, 0.15) is 30.1 Å². The molecule has 1 aromatic heterocycles.